The maximum absolute atomic E-state index is 13.7. The molecule has 38 heavy (non-hydrogen) atoms. The monoisotopic (exact) mass is 541 g/mol. The lowest BCUT2D eigenvalue weighted by Crippen LogP contribution is -2.43. The van der Waals surface area contributed by atoms with E-state index in [1.54, 1.807) is 48.7 Å². The molecule has 0 spiro atoms. The van der Waals surface area contributed by atoms with Crippen molar-refractivity contribution in [2.24, 2.45) is 5.92 Å². The summed E-state index contributed by atoms with van der Waals surface area (Å²) >= 11 is 1.28. The minimum absolute atomic E-state index is 0.217. The molecular weight excluding hydrogens is 511 g/mol. The number of piperidine rings is 1. The lowest BCUT2D eigenvalue weighted by Gasteiger charge is -2.36. The van der Waals surface area contributed by atoms with Gasteiger partial charge in [0.15, 0.2) is 0 Å². The first-order chi connectivity index (χ1) is 18.2. The van der Waals surface area contributed by atoms with Crippen LogP contribution in [0.15, 0.2) is 60.8 Å². The Balaban J connectivity index is 1.44. The van der Waals surface area contributed by atoms with Gasteiger partial charge in [-0.25, -0.2) is 4.98 Å². The Kier molecular flexibility index (Phi) is 7.45. The number of hydrogen-bond acceptors (Lipinski definition) is 5. The fraction of sp³-hybridized carbons (Fsp3) is 0.357. The minimum Gasteiger partial charge on any atom is -0.381 e. The summed E-state index contributed by atoms with van der Waals surface area (Å²) in [4.78, 5) is 19.9. The molecule has 2 aromatic carbocycles. The van der Waals surface area contributed by atoms with Crippen molar-refractivity contribution in [1.82, 2.24) is 19.8 Å². The van der Waals surface area contributed by atoms with Gasteiger partial charge >= 0.3 is 6.18 Å². The fourth-order valence-electron chi connectivity index (χ4n) is 5.07. The molecular formula is C28H30F3N5OS. The number of halogens is 3. The average Bonchev–Trinajstić information content (AvgIpc) is 3.49. The largest absolute Gasteiger partial charge is 0.406 e. The molecule has 5 rings (SSSR count). The molecule has 0 radical (unpaired) electrons. The molecule has 0 unspecified atom stereocenters. The summed E-state index contributed by atoms with van der Waals surface area (Å²) in [6.07, 6.45) is -1.81. The number of nitrogens with one attached hydrogen (secondary N) is 2. The fourth-order valence-corrected chi connectivity index (χ4v) is 5.95. The van der Waals surface area contributed by atoms with Crippen molar-refractivity contribution in [1.29, 1.82) is 0 Å². The Morgan fingerprint density at radius 2 is 1.95 bits per heavy atom. The smallest absolute Gasteiger partial charge is 0.381 e. The van der Waals surface area contributed by atoms with Crippen LogP contribution in [0.5, 0.6) is 0 Å². The van der Waals surface area contributed by atoms with E-state index in [9.17, 15) is 18.0 Å². The third-order valence-electron chi connectivity index (χ3n) is 6.96. The van der Waals surface area contributed by atoms with Crippen LogP contribution < -0.4 is 10.6 Å². The zero-order valence-electron chi connectivity index (χ0n) is 21.3. The minimum atomic E-state index is -4.39. The molecule has 200 valence electrons. The normalized spacial score (nSPS) is 18.6. The number of anilines is 1. The van der Waals surface area contributed by atoms with Crippen molar-refractivity contribution in [2.75, 3.05) is 25.5 Å². The number of hydrogen-bond donors (Lipinski definition) is 2. The van der Waals surface area contributed by atoms with E-state index in [0.717, 1.165) is 35.5 Å². The van der Waals surface area contributed by atoms with Gasteiger partial charge in [0.05, 0.1) is 17.8 Å². The number of rotatable bonds is 7. The number of fused-ring (bicyclic) bond motifs is 1. The summed E-state index contributed by atoms with van der Waals surface area (Å²) in [5, 5.41) is 7.69. The number of aromatic nitrogens is 2. The van der Waals surface area contributed by atoms with Gasteiger partial charge in [-0.15, -0.1) is 11.3 Å². The molecule has 2 N–H and O–H groups in total. The number of thiazole rings is 1. The molecule has 10 heteroatoms. The molecule has 6 nitrogen and oxygen atoms in total. The van der Waals surface area contributed by atoms with Crippen molar-refractivity contribution in [3.05, 3.63) is 71.2 Å². The predicted molar refractivity (Wildman–Crippen MR) is 145 cm³/mol. The van der Waals surface area contributed by atoms with Gasteiger partial charge in [-0.05, 0) is 56.3 Å². The van der Waals surface area contributed by atoms with E-state index in [1.165, 1.54) is 15.9 Å². The highest BCUT2D eigenvalue weighted by atomic mass is 32.1. The van der Waals surface area contributed by atoms with E-state index in [4.69, 9.17) is 0 Å². The number of benzene rings is 2. The second-order valence-electron chi connectivity index (χ2n) is 9.93. The number of amides is 1. The molecule has 3 heterocycles. The molecule has 2 atom stereocenters. The molecule has 4 aromatic rings. The van der Waals surface area contributed by atoms with Gasteiger partial charge < -0.3 is 20.1 Å². The van der Waals surface area contributed by atoms with Gasteiger partial charge in [0.2, 0.25) is 0 Å². The van der Waals surface area contributed by atoms with Crippen LogP contribution in [-0.2, 0) is 13.1 Å². The Bertz CT molecular complexity index is 1420. The van der Waals surface area contributed by atoms with Crippen LogP contribution >= 0.6 is 11.3 Å². The highest BCUT2D eigenvalue weighted by molar-refractivity contribution is 7.15. The van der Waals surface area contributed by atoms with Crippen LogP contribution in [0.2, 0.25) is 0 Å². The molecule has 1 saturated heterocycles. The van der Waals surface area contributed by atoms with E-state index in [2.05, 4.69) is 34.5 Å². The molecule has 1 aliphatic rings. The van der Waals surface area contributed by atoms with Gasteiger partial charge in [-0.2, -0.15) is 13.2 Å². The highest BCUT2D eigenvalue weighted by Gasteiger charge is 2.31. The third-order valence-corrected chi connectivity index (χ3v) is 7.98. The maximum atomic E-state index is 13.7. The summed E-state index contributed by atoms with van der Waals surface area (Å²) in [5.41, 5.74) is 2.30. The highest BCUT2D eigenvalue weighted by Crippen LogP contribution is 2.37. The van der Waals surface area contributed by atoms with E-state index >= 15 is 0 Å². The second kappa shape index (κ2) is 10.8. The Labute approximate surface area is 223 Å². The van der Waals surface area contributed by atoms with Crippen LogP contribution in [0.25, 0.3) is 21.6 Å². The number of carbonyl (C=O) groups is 1. The molecule has 0 saturated carbocycles. The van der Waals surface area contributed by atoms with Crippen molar-refractivity contribution >= 4 is 33.8 Å². The SMILES string of the molecule is C[C@H]1CN(C)CC[C@H]1Nc1cccc2c1cc(-c1ncc(CNC(=O)c3ccccc3)s1)n2CC(F)(F)F. The molecule has 1 aliphatic heterocycles. The summed E-state index contributed by atoms with van der Waals surface area (Å²) in [6.45, 7) is 3.27. The summed E-state index contributed by atoms with van der Waals surface area (Å²) in [5.74, 6) is 0.193. The number of carbonyl (C=O) groups excluding carboxylic acids is 1. The number of likely N-dealkylation sites (tertiary alicyclic amines) is 1. The topological polar surface area (TPSA) is 62.2 Å². The average molecular weight is 542 g/mol. The summed E-state index contributed by atoms with van der Waals surface area (Å²) < 4.78 is 42.3. The third kappa shape index (κ3) is 5.86. The molecule has 2 aromatic heterocycles. The van der Waals surface area contributed by atoms with Crippen molar-refractivity contribution in [2.45, 2.75) is 38.7 Å². The van der Waals surface area contributed by atoms with Gasteiger partial charge in [0, 0.05) is 40.3 Å². The lowest BCUT2D eigenvalue weighted by molar-refractivity contribution is -0.139. The summed E-state index contributed by atoms with van der Waals surface area (Å²) in [7, 11) is 2.10. The van der Waals surface area contributed by atoms with Crippen LogP contribution in [0.1, 0.15) is 28.6 Å². The first-order valence-corrected chi connectivity index (χ1v) is 13.4. The van der Waals surface area contributed by atoms with Crippen LogP contribution in [0.3, 0.4) is 0 Å². The van der Waals surface area contributed by atoms with Crippen molar-refractivity contribution in [3.8, 4) is 10.7 Å². The molecule has 1 amide bonds. The summed E-state index contributed by atoms with van der Waals surface area (Å²) in [6, 6.07) is 16.4. The predicted octanol–water partition coefficient (Wildman–Crippen LogP) is 6.01. The number of alkyl halides is 3. The molecule has 0 bridgehead atoms. The first kappa shape index (κ1) is 26.2. The van der Waals surface area contributed by atoms with Crippen molar-refractivity contribution in [3.63, 3.8) is 0 Å². The quantitative estimate of drug-likeness (QED) is 0.301. The molecule has 1 fully saturated rings. The van der Waals surface area contributed by atoms with E-state index in [1.807, 2.05) is 12.1 Å². The zero-order chi connectivity index (χ0) is 26.9. The Morgan fingerprint density at radius 1 is 1.16 bits per heavy atom. The van der Waals surface area contributed by atoms with Gasteiger partial charge in [-0.3, -0.25) is 4.79 Å². The van der Waals surface area contributed by atoms with Gasteiger partial charge in [-0.1, -0.05) is 31.2 Å². The first-order valence-electron chi connectivity index (χ1n) is 12.6. The number of nitrogens with zero attached hydrogens (tertiary/aromatic N) is 3. The van der Waals surface area contributed by atoms with E-state index in [0.29, 0.717) is 27.7 Å². The van der Waals surface area contributed by atoms with Crippen molar-refractivity contribution < 1.29 is 18.0 Å². The molecule has 0 aliphatic carbocycles. The lowest BCUT2D eigenvalue weighted by atomic mass is 9.94. The zero-order valence-corrected chi connectivity index (χ0v) is 22.1. The van der Waals surface area contributed by atoms with Gasteiger partial charge in [0.25, 0.3) is 5.91 Å². The van der Waals surface area contributed by atoms with Crippen LogP contribution in [0.4, 0.5) is 18.9 Å². The van der Waals surface area contributed by atoms with Gasteiger partial charge in [0.1, 0.15) is 11.6 Å². The van der Waals surface area contributed by atoms with Crippen LogP contribution in [-0.4, -0.2) is 52.7 Å². The van der Waals surface area contributed by atoms with E-state index in [-0.39, 0.29) is 18.5 Å². The maximum Gasteiger partial charge on any atom is 0.406 e. The van der Waals surface area contributed by atoms with E-state index < -0.39 is 12.7 Å². The second-order valence-corrected chi connectivity index (χ2v) is 11.0. The van der Waals surface area contributed by atoms with Crippen LogP contribution in [0, 0.1) is 5.92 Å². The standard InChI is InChI=1S/C28H30F3N5OS/c1-18-16-35(2)12-11-22(18)34-23-9-6-10-24-21(23)13-25(36(24)17-28(29,30)31)27-33-15-20(38-27)14-32-26(37)19-7-4-3-5-8-19/h3-10,13,15,18,22,34H,11-12,14,16-17H2,1-2H3,(H,32,37)/t18-,22+/m0/s1. The Hall–Kier alpha value is -3.37. The Morgan fingerprint density at radius 3 is 2.68 bits per heavy atom.